The van der Waals surface area contributed by atoms with Crippen LogP contribution >= 0.6 is 0 Å². The van der Waals surface area contributed by atoms with E-state index in [1.165, 1.54) is 0 Å². The topological polar surface area (TPSA) is 169 Å². The maximum atomic E-state index is 10.5. The van der Waals surface area contributed by atoms with Crippen LogP contribution in [0.2, 0.25) is 0 Å². The van der Waals surface area contributed by atoms with Crippen LogP contribution in [-0.4, -0.2) is 55.5 Å². The van der Waals surface area contributed by atoms with E-state index in [4.69, 9.17) is 25.5 Å². The third-order valence-electron chi connectivity index (χ3n) is 1.66. The summed E-state index contributed by atoms with van der Waals surface area (Å²) in [6.45, 7) is 0. The Labute approximate surface area is 81.2 Å². The maximum Gasteiger partial charge on any atom is 0.336 e. The molecule has 0 aliphatic rings. The normalized spacial score (nSPS) is 12.9. The quantitative estimate of drug-likeness (QED) is 0.320. The molecule has 0 fully saturated rings. The van der Waals surface area contributed by atoms with Crippen molar-refractivity contribution in [3.05, 3.63) is 0 Å². The predicted octanol–water partition coefficient (Wildman–Crippen LogP) is -2.33. The van der Waals surface area contributed by atoms with E-state index in [-0.39, 0.29) is 0 Å². The molecule has 0 spiro atoms. The van der Waals surface area contributed by atoms with E-state index < -0.39 is 35.4 Å². The number of hydrogen-bond donors (Lipinski definition) is 5. The monoisotopic (exact) mass is 222 g/mol. The number of carboxylic acid groups (broad SMARTS) is 4. The van der Waals surface area contributed by atoms with Gasteiger partial charge in [0, 0.05) is 0 Å². The minimum Gasteiger partial charge on any atom is -0.480 e. The largest absolute Gasteiger partial charge is 0.480 e. The van der Waals surface area contributed by atoms with E-state index in [0.717, 1.165) is 0 Å². The fourth-order valence-corrected chi connectivity index (χ4v) is 0.811. The highest BCUT2D eigenvalue weighted by molar-refractivity contribution is 6.19. The molecule has 0 radical (unpaired) electrons. The Morgan fingerprint density at radius 2 is 1.07 bits per heavy atom. The lowest BCUT2D eigenvalue weighted by Gasteiger charge is -2.22. The van der Waals surface area contributed by atoms with Crippen LogP contribution in [0.3, 0.4) is 0 Å². The zero-order chi connectivity index (χ0) is 12.4. The van der Waals surface area contributed by atoms with Crippen LogP contribution < -0.4 is 0 Å². The standard InChI is InChI=1S/C6H6O9/c7-1(2(8)9)6(3(10)11,4(12)13)5(14)15/h1,7H,(H,8,9)(H,10,11)(H,12,13)(H,14,15). The van der Waals surface area contributed by atoms with Gasteiger partial charge in [0.2, 0.25) is 0 Å². The van der Waals surface area contributed by atoms with Crippen molar-refractivity contribution in [2.45, 2.75) is 6.10 Å². The molecule has 1 atom stereocenters. The van der Waals surface area contributed by atoms with Gasteiger partial charge < -0.3 is 25.5 Å². The molecule has 84 valence electrons. The summed E-state index contributed by atoms with van der Waals surface area (Å²) in [5.41, 5.74) is -3.81. The zero-order valence-corrected chi connectivity index (χ0v) is 6.95. The van der Waals surface area contributed by atoms with E-state index in [0.29, 0.717) is 0 Å². The fraction of sp³-hybridized carbons (Fsp3) is 0.333. The summed E-state index contributed by atoms with van der Waals surface area (Å²) in [4.78, 5) is 41.6. The van der Waals surface area contributed by atoms with Crippen LogP contribution in [0.4, 0.5) is 0 Å². The molecule has 0 saturated carbocycles. The van der Waals surface area contributed by atoms with E-state index >= 15 is 0 Å². The second-order valence-corrected chi connectivity index (χ2v) is 2.46. The summed E-state index contributed by atoms with van der Waals surface area (Å²) in [6.07, 6.45) is -3.09. The Balaban J connectivity index is 5.75. The number of aliphatic hydroxyl groups is 1. The molecule has 0 saturated heterocycles. The van der Waals surface area contributed by atoms with Gasteiger partial charge in [-0.2, -0.15) is 0 Å². The molecule has 0 aliphatic carbocycles. The molecular formula is C6H6O9. The molecule has 0 bridgehead atoms. The van der Waals surface area contributed by atoms with E-state index in [1.54, 1.807) is 0 Å². The van der Waals surface area contributed by atoms with Crippen molar-refractivity contribution in [2.75, 3.05) is 0 Å². The second kappa shape index (κ2) is 3.92. The molecule has 1 unspecified atom stereocenters. The average Bonchev–Trinajstić information content (AvgIpc) is 2.02. The van der Waals surface area contributed by atoms with Gasteiger partial charge in [0.05, 0.1) is 0 Å². The van der Waals surface area contributed by atoms with Crippen molar-refractivity contribution in [1.82, 2.24) is 0 Å². The molecular weight excluding hydrogens is 216 g/mol. The molecule has 0 aromatic heterocycles. The summed E-state index contributed by atoms with van der Waals surface area (Å²) in [7, 11) is 0. The Morgan fingerprint density at radius 3 is 1.13 bits per heavy atom. The molecule has 0 aliphatic heterocycles. The molecule has 0 aromatic carbocycles. The smallest absolute Gasteiger partial charge is 0.336 e. The van der Waals surface area contributed by atoms with E-state index in [1.807, 2.05) is 0 Å². The van der Waals surface area contributed by atoms with Crippen LogP contribution in [0.15, 0.2) is 0 Å². The summed E-state index contributed by atoms with van der Waals surface area (Å²) in [6, 6.07) is 0. The Hall–Kier alpha value is -2.16. The average molecular weight is 222 g/mol. The molecule has 0 aromatic rings. The second-order valence-electron chi connectivity index (χ2n) is 2.46. The van der Waals surface area contributed by atoms with Crippen molar-refractivity contribution in [1.29, 1.82) is 0 Å². The van der Waals surface area contributed by atoms with E-state index in [9.17, 15) is 19.2 Å². The van der Waals surface area contributed by atoms with Gasteiger partial charge in [-0.05, 0) is 0 Å². The highest BCUT2D eigenvalue weighted by atomic mass is 16.4. The zero-order valence-electron chi connectivity index (χ0n) is 6.95. The Morgan fingerprint density at radius 1 is 0.800 bits per heavy atom. The lowest BCUT2D eigenvalue weighted by atomic mass is 9.82. The van der Waals surface area contributed by atoms with Crippen molar-refractivity contribution in [3.8, 4) is 0 Å². The summed E-state index contributed by atoms with van der Waals surface area (Å²) < 4.78 is 0. The van der Waals surface area contributed by atoms with Gasteiger partial charge in [0.1, 0.15) is 0 Å². The first-order chi connectivity index (χ1) is 6.68. The van der Waals surface area contributed by atoms with Crippen LogP contribution in [0.25, 0.3) is 0 Å². The highest BCUT2D eigenvalue weighted by Gasteiger charge is 2.63. The SMILES string of the molecule is O=C(O)C(O)C(C(=O)O)(C(=O)O)C(=O)O. The first-order valence-corrected chi connectivity index (χ1v) is 3.30. The van der Waals surface area contributed by atoms with Gasteiger partial charge in [-0.1, -0.05) is 0 Å². The lowest BCUT2D eigenvalue weighted by molar-refractivity contribution is -0.191. The molecule has 0 amide bonds. The highest BCUT2D eigenvalue weighted by Crippen LogP contribution is 2.24. The first kappa shape index (κ1) is 12.8. The van der Waals surface area contributed by atoms with Crippen LogP contribution in [0.5, 0.6) is 0 Å². The van der Waals surface area contributed by atoms with Crippen molar-refractivity contribution < 1.29 is 44.7 Å². The molecule has 5 N–H and O–H groups in total. The minimum absolute atomic E-state index is 2.26. The third kappa shape index (κ3) is 1.72. The number of aliphatic hydroxyl groups excluding tert-OH is 1. The van der Waals surface area contributed by atoms with Gasteiger partial charge >= 0.3 is 23.9 Å². The number of rotatable bonds is 5. The number of carbonyl (C=O) groups is 4. The van der Waals surface area contributed by atoms with Crippen molar-refractivity contribution in [3.63, 3.8) is 0 Å². The lowest BCUT2D eigenvalue weighted by Crippen LogP contribution is -2.57. The van der Waals surface area contributed by atoms with Gasteiger partial charge in [0.25, 0.3) is 5.41 Å². The Kier molecular flexibility index (Phi) is 3.36. The van der Waals surface area contributed by atoms with Gasteiger partial charge in [-0.25, -0.2) is 4.79 Å². The van der Waals surface area contributed by atoms with Crippen LogP contribution in [0.1, 0.15) is 0 Å². The Bertz CT molecular complexity index is 293. The number of carboxylic acids is 4. The number of hydrogen-bond acceptors (Lipinski definition) is 5. The van der Waals surface area contributed by atoms with Crippen molar-refractivity contribution in [2.24, 2.45) is 5.41 Å². The van der Waals surface area contributed by atoms with Crippen molar-refractivity contribution >= 4 is 23.9 Å². The summed E-state index contributed by atoms with van der Waals surface area (Å²) in [5, 5.41) is 42.2. The minimum atomic E-state index is -3.81. The maximum absolute atomic E-state index is 10.5. The van der Waals surface area contributed by atoms with Gasteiger partial charge in [-0.3, -0.25) is 14.4 Å². The van der Waals surface area contributed by atoms with Crippen LogP contribution in [-0.2, 0) is 19.2 Å². The van der Waals surface area contributed by atoms with E-state index in [2.05, 4.69) is 0 Å². The van der Waals surface area contributed by atoms with Gasteiger partial charge in [-0.15, -0.1) is 0 Å². The fourth-order valence-electron chi connectivity index (χ4n) is 0.811. The third-order valence-corrected chi connectivity index (χ3v) is 1.66. The molecule has 0 heterocycles. The molecule has 15 heavy (non-hydrogen) atoms. The molecule has 9 nitrogen and oxygen atoms in total. The number of aliphatic carboxylic acids is 4. The molecule has 9 heteroatoms. The van der Waals surface area contributed by atoms with Gasteiger partial charge in [0.15, 0.2) is 6.10 Å². The predicted molar refractivity (Wildman–Crippen MR) is 39.0 cm³/mol. The summed E-state index contributed by atoms with van der Waals surface area (Å²) in [5.74, 6) is -9.69. The molecule has 0 rings (SSSR count). The summed E-state index contributed by atoms with van der Waals surface area (Å²) >= 11 is 0. The van der Waals surface area contributed by atoms with Crippen LogP contribution in [0, 0.1) is 5.41 Å². The first-order valence-electron chi connectivity index (χ1n) is 3.30.